The number of halogens is 1. The van der Waals surface area contributed by atoms with Crippen LogP contribution in [0, 0.1) is 11.2 Å². The number of hydrogen-bond donors (Lipinski definition) is 3. The molecule has 10 nitrogen and oxygen atoms in total. The Morgan fingerprint density at radius 2 is 1.97 bits per heavy atom. The third kappa shape index (κ3) is 5.16. The van der Waals surface area contributed by atoms with Crippen LogP contribution < -0.4 is 10.1 Å². The SMILES string of the molecule is CC1(C(=O)NC2CC2)COC(c2nc(-c3ccc(F)cc3)c(-c3ccnc(OCCO)n3)[nH]2)OC1. The van der Waals surface area contributed by atoms with Gasteiger partial charge in [-0.2, -0.15) is 4.98 Å². The fourth-order valence-corrected chi connectivity index (χ4v) is 3.68. The molecule has 3 heterocycles. The van der Waals surface area contributed by atoms with E-state index in [0.29, 0.717) is 28.5 Å². The van der Waals surface area contributed by atoms with Gasteiger partial charge in [0, 0.05) is 17.8 Å². The molecule has 0 unspecified atom stereocenters. The Kier molecular flexibility index (Phi) is 6.46. The van der Waals surface area contributed by atoms with Crippen LogP contribution in [0.2, 0.25) is 0 Å². The van der Waals surface area contributed by atoms with Crippen molar-refractivity contribution in [3.63, 3.8) is 0 Å². The second-order valence-corrected chi connectivity index (χ2v) is 8.91. The van der Waals surface area contributed by atoms with Gasteiger partial charge in [0.15, 0.2) is 5.82 Å². The number of rotatable bonds is 8. The van der Waals surface area contributed by atoms with Crippen LogP contribution in [0.15, 0.2) is 36.5 Å². The summed E-state index contributed by atoms with van der Waals surface area (Å²) in [6, 6.07) is 7.96. The number of aromatic nitrogens is 4. The molecule has 3 aromatic rings. The number of benzene rings is 1. The number of aliphatic hydroxyl groups excluding tert-OH is 1. The summed E-state index contributed by atoms with van der Waals surface area (Å²) in [6.45, 7) is 2.04. The first-order valence-electron chi connectivity index (χ1n) is 11.4. The highest BCUT2D eigenvalue weighted by Gasteiger charge is 2.42. The number of nitrogens with zero attached hydrogens (tertiary/aromatic N) is 3. The van der Waals surface area contributed by atoms with Gasteiger partial charge in [-0.05, 0) is 50.1 Å². The van der Waals surface area contributed by atoms with Gasteiger partial charge in [-0.1, -0.05) is 0 Å². The Bertz CT molecular complexity index is 1190. The van der Waals surface area contributed by atoms with Crippen molar-refractivity contribution in [1.82, 2.24) is 25.3 Å². The van der Waals surface area contributed by atoms with Crippen molar-refractivity contribution in [2.75, 3.05) is 26.4 Å². The fourth-order valence-electron chi connectivity index (χ4n) is 3.68. The number of aromatic amines is 1. The molecule has 1 amide bonds. The summed E-state index contributed by atoms with van der Waals surface area (Å²) >= 11 is 0. The third-order valence-electron chi connectivity index (χ3n) is 5.84. The Morgan fingerprint density at radius 1 is 1.23 bits per heavy atom. The molecule has 1 saturated carbocycles. The van der Waals surface area contributed by atoms with Crippen LogP contribution in [-0.4, -0.2) is 63.4 Å². The van der Waals surface area contributed by atoms with Gasteiger partial charge in [-0.15, -0.1) is 0 Å². The van der Waals surface area contributed by atoms with E-state index in [9.17, 15) is 9.18 Å². The quantitative estimate of drug-likeness (QED) is 0.445. The number of H-pyrrole nitrogens is 1. The summed E-state index contributed by atoms with van der Waals surface area (Å²) < 4.78 is 30.7. The minimum atomic E-state index is -0.823. The van der Waals surface area contributed by atoms with Gasteiger partial charge in [0.1, 0.15) is 12.4 Å². The summed E-state index contributed by atoms with van der Waals surface area (Å²) in [6.07, 6.45) is 2.71. The lowest BCUT2D eigenvalue weighted by Crippen LogP contribution is -2.49. The van der Waals surface area contributed by atoms with Gasteiger partial charge in [0.25, 0.3) is 0 Å². The van der Waals surface area contributed by atoms with Crippen LogP contribution in [-0.2, 0) is 14.3 Å². The average molecular weight is 484 g/mol. The summed E-state index contributed by atoms with van der Waals surface area (Å²) in [5, 5.41) is 12.0. The van der Waals surface area contributed by atoms with Gasteiger partial charge < -0.3 is 29.6 Å². The molecule has 11 heteroatoms. The van der Waals surface area contributed by atoms with Crippen LogP contribution in [0.4, 0.5) is 4.39 Å². The van der Waals surface area contributed by atoms with E-state index in [1.807, 2.05) is 6.92 Å². The van der Waals surface area contributed by atoms with Crippen molar-refractivity contribution in [2.24, 2.45) is 5.41 Å². The van der Waals surface area contributed by atoms with Crippen molar-refractivity contribution in [1.29, 1.82) is 0 Å². The highest BCUT2D eigenvalue weighted by atomic mass is 19.1. The molecule has 1 aromatic carbocycles. The van der Waals surface area contributed by atoms with E-state index in [0.717, 1.165) is 12.8 Å². The Hall–Kier alpha value is -3.41. The molecule has 0 spiro atoms. The molecule has 1 aliphatic heterocycles. The zero-order chi connectivity index (χ0) is 24.4. The highest BCUT2D eigenvalue weighted by molar-refractivity contribution is 5.83. The molecule has 2 aliphatic rings. The van der Waals surface area contributed by atoms with E-state index in [-0.39, 0.29) is 50.2 Å². The van der Waals surface area contributed by atoms with Gasteiger partial charge in [0.05, 0.1) is 42.3 Å². The Labute approximate surface area is 200 Å². The molecule has 1 saturated heterocycles. The highest BCUT2D eigenvalue weighted by Crippen LogP contribution is 2.36. The molecule has 2 fully saturated rings. The molecular weight excluding hydrogens is 457 g/mol. The summed E-state index contributed by atoms with van der Waals surface area (Å²) in [5.41, 5.74) is 1.40. The van der Waals surface area contributed by atoms with E-state index in [2.05, 4.69) is 25.3 Å². The lowest BCUT2D eigenvalue weighted by molar-refractivity contribution is -0.231. The molecule has 35 heavy (non-hydrogen) atoms. The first-order valence-corrected chi connectivity index (χ1v) is 11.4. The van der Waals surface area contributed by atoms with E-state index in [1.165, 1.54) is 18.3 Å². The summed E-state index contributed by atoms with van der Waals surface area (Å²) in [4.78, 5) is 29.0. The zero-order valence-corrected chi connectivity index (χ0v) is 19.2. The number of carbonyl (C=O) groups is 1. The van der Waals surface area contributed by atoms with Gasteiger partial charge >= 0.3 is 6.01 Å². The largest absolute Gasteiger partial charge is 0.461 e. The number of carbonyl (C=O) groups excluding carboxylic acids is 1. The van der Waals surface area contributed by atoms with Crippen molar-refractivity contribution >= 4 is 5.91 Å². The molecule has 3 N–H and O–H groups in total. The Morgan fingerprint density at radius 3 is 2.66 bits per heavy atom. The minimum Gasteiger partial charge on any atom is -0.461 e. The third-order valence-corrected chi connectivity index (χ3v) is 5.84. The lowest BCUT2D eigenvalue weighted by atomic mass is 9.91. The maximum atomic E-state index is 13.6. The summed E-state index contributed by atoms with van der Waals surface area (Å²) in [7, 11) is 0. The average Bonchev–Trinajstić information content (AvgIpc) is 3.58. The fraction of sp³-hybridized carbons (Fsp3) is 0.417. The second kappa shape index (κ2) is 9.68. The standard InChI is InChI=1S/C24H26FN5O5/c1-24(22(32)27-16-6-7-16)12-34-21(35-13-24)20-29-18(14-2-4-15(25)5-3-14)19(30-20)17-8-9-26-23(28-17)33-11-10-31/h2-5,8-9,16,21,31H,6-7,10-13H2,1H3,(H,27,32)(H,29,30). The summed E-state index contributed by atoms with van der Waals surface area (Å²) in [5.74, 6) is -0.0575. The van der Waals surface area contributed by atoms with Crippen molar-refractivity contribution in [3.8, 4) is 28.7 Å². The molecule has 0 bridgehead atoms. The normalized spacial score (nSPS) is 22.1. The lowest BCUT2D eigenvalue weighted by Gasteiger charge is -2.35. The predicted octanol–water partition coefficient (Wildman–Crippen LogP) is 2.37. The van der Waals surface area contributed by atoms with E-state index >= 15 is 0 Å². The maximum Gasteiger partial charge on any atom is 0.317 e. The van der Waals surface area contributed by atoms with Gasteiger partial charge in [-0.3, -0.25) is 4.79 Å². The van der Waals surface area contributed by atoms with Crippen LogP contribution in [0.1, 0.15) is 31.9 Å². The van der Waals surface area contributed by atoms with Crippen LogP contribution in [0.5, 0.6) is 6.01 Å². The molecule has 184 valence electrons. The minimum absolute atomic E-state index is 0.0549. The van der Waals surface area contributed by atoms with E-state index in [4.69, 9.17) is 19.3 Å². The smallest absolute Gasteiger partial charge is 0.317 e. The maximum absolute atomic E-state index is 13.6. The van der Waals surface area contributed by atoms with Crippen LogP contribution >= 0.6 is 0 Å². The van der Waals surface area contributed by atoms with Crippen LogP contribution in [0.3, 0.4) is 0 Å². The molecule has 0 radical (unpaired) electrons. The number of aliphatic hydroxyl groups is 1. The molecule has 1 aliphatic carbocycles. The van der Waals surface area contributed by atoms with E-state index < -0.39 is 11.7 Å². The molecular formula is C24H26FN5O5. The van der Waals surface area contributed by atoms with Crippen molar-refractivity contribution in [2.45, 2.75) is 32.1 Å². The van der Waals surface area contributed by atoms with E-state index in [1.54, 1.807) is 18.2 Å². The monoisotopic (exact) mass is 483 g/mol. The molecule has 5 rings (SSSR count). The van der Waals surface area contributed by atoms with Crippen molar-refractivity contribution < 1.29 is 28.5 Å². The van der Waals surface area contributed by atoms with Crippen LogP contribution in [0.25, 0.3) is 22.6 Å². The first-order chi connectivity index (χ1) is 16.9. The zero-order valence-electron chi connectivity index (χ0n) is 19.2. The predicted molar refractivity (Wildman–Crippen MR) is 122 cm³/mol. The number of hydrogen-bond acceptors (Lipinski definition) is 8. The number of imidazole rings is 1. The first kappa shape index (κ1) is 23.3. The van der Waals surface area contributed by atoms with Gasteiger partial charge in [0.2, 0.25) is 12.2 Å². The second-order valence-electron chi connectivity index (χ2n) is 8.91. The molecule has 0 atom stereocenters. The number of nitrogens with one attached hydrogen (secondary N) is 2. The van der Waals surface area contributed by atoms with Gasteiger partial charge in [-0.25, -0.2) is 14.4 Å². The number of ether oxygens (including phenoxy) is 3. The van der Waals surface area contributed by atoms with Crippen molar-refractivity contribution in [3.05, 3.63) is 48.2 Å². The number of amides is 1. The molecule has 2 aromatic heterocycles. The topological polar surface area (TPSA) is 131 Å². The Balaban J connectivity index is 1.42.